The van der Waals surface area contributed by atoms with Gasteiger partial charge < -0.3 is 9.64 Å². The quantitative estimate of drug-likeness (QED) is 0.556. The molecule has 1 aromatic carbocycles. The predicted octanol–water partition coefficient (Wildman–Crippen LogP) is 3.46. The predicted molar refractivity (Wildman–Crippen MR) is 101 cm³/mol. The first-order chi connectivity index (χ1) is 13.9. The molecule has 150 valence electrons. The van der Waals surface area contributed by atoms with Crippen LogP contribution in [0.1, 0.15) is 11.5 Å². The third-order valence-electron chi connectivity index (χ3n) is 5.01. The summed E-state index contributed by atoms with van der Waals surface area (Å²) in [5.41, 5.74) is 2.76. The largest absolute Gasteiger partial charge is 0.450 e. The first-order valence-corrected chi connectivity index (χ1v) is 9.15. The second-order valence-corrected chi connectivity index (χ2v) is 6.96. The number of anilines is 1. The highest BCUT2D eigenvalue weighted by Crippen LogP contribution is 2.37. The maximum Gasteiger partial charge on any atom is 0.450 e. The van der Waals surface area contributed by atoms with E-state index < -0.39 is 12.0 Å². The number of hydrogen-bond donors (Lipinski definition) is 1. The molecular formula is C19H17F3N6O. The lowest BCUT2D eigenvalue weighted by Gasteiger charge is -2.29. The number of nitrogens with zero attached hydrogens (tertiary/aromatic N) is 5. The number of nitrogens with one attached hydrogen (secondary N) is 1. The number of pyridine rings is 1. The number of halogens is 3. The van der Waals surface area contributed by atoms with E-state index in [4.69, 9.17) is 4.74 Å². The van der Waals surface area contributed by atoms with Crippen LogP contribution < -0.4 is 4.90 Å². The van der Waals surface area contributed by atoms with Crippen molar-refractivity contribution < 1.29 is 17.9 Å². The number of ether oxygens (including phenoxy) is 1. The van der Waals surface area contributed by atoms with E-state index in [0.717, 1.165) is 10.1 Å². The number of H-pyrrole nitrogens is 1. The third kappa shape index (κ3) is 3.00. The lowest BCUT2D eigenvalue weighted by atomic mass is 10.2. The molecule has 0 radical (unpaired) electrons. The number of aromatic amines is 1. The molecule has 0 atom stereocenters. The lowest BCUT2D eigenvalue weighted by Crippen LogP contribution is -2.36. The normalized spacial score (nSPS) is 15.5. The molecule has 3 aromatic heterocycles. The summed E-state index contributed by atoms with van der Waals surface area (Å²) in [7, 11) is 0. The Labute approximate surface area is 163 Å². The average Bonchev–Trinajstić information content (AvgIpc) is 3.31. The van der Waals surface area contributed by atoms with Gasteiger partial charge in [0.25, 0.3) is 0 Å². The first kappa shape index (κ1) is 17.9. The topological polar surface area (TPSA) is 71.9 Å². The van der Waals surface area contributed by atoms with Gasteiger partial charge in [0.2, 0.25) is 5.82 Å². The zero-order chi connectivity index (χ0) is 20.2. The van der Waals surface area contributed by atoms with Gasteiger partial charge in [-0.05, 0) is 31.2 Å². The van der Waals surface area contributed by atoms with Crippen molar-refractivity contribution in [1.29, 1.82) is 0 Å². The third-order valence-corrected chi connectivity index (χ3v) is 5.01. The highest BCUT2D eigenvalue weighted by atomic mass is 19.4. The van der Waals surface area contributed by atoms with Crippen LogP contribution in [-0.2, 0) is 10.9 Å². The Balaban J connectivity index is 1.80. The summed E-state index contributed by atoms with van der Waals surface area (Å²) in [6.07, 6.45) is -3.06. The summed E-state index contributed by atoms with van der Waals surface area (Å²) in [5.74, 6) is -0.997. The zero-order valence-corrected chi connectivity index (χ0v) is 15.5. The van der Waals surface area contributed by atoms with Crippen molar-refractivity contribution in [1.82, 2.24) is 24.7 Å². The van der Waals surface area contributed by atoms with Gasteiger partial charge in [-0.3, -0.25) is 9.67 Å². The number of rotatable bonds is 2. The lowest BCUT2D eigenvalue weighted by molar-refractivity contribution is -0.145. The second kappa shape index (κ2) is 6.45. The summed E-state index contributed by atoms with van der Waals surface area (Å²) in [6, 6.07) is 6.73. The number of hydrogen-bond acceptors (Lipinski definition) is 5. The monoisotopic (exact) mass is 402 g/mol. The van der Waals surface area contributed by atoms with Gasteiger partial charge >= 0.3 is 6.18 Å². The number of alkyl halides is 3. The maximum absolute atomic E-state index is 13.9. The van der Waals surface area contributed by atoms with Crippen molar-refractivity contribution in [3.05, 3.63) is 42.0 Å². The van der Waals surface area contributed by atoms with E-state index in [2.05, 4.69) is 20.2 Å². The standard InChI is InChI=1S/C19H17F3N6O/c1-11-8-15(27-4-6-29-7-5-27)16-17(24-11)28(18(25-16)19(20,21)22)13-2-3-14-12(9-13)10-23-26-14/h2-3,8-10H,4-7H2,1H3,(H,23,26). The highest BCUT2D eigenvalue weighted by Gasteiger charge is 2.39. The van der Waals surface area contributed by atoms with Crippen molar-refractivity contribution in [2.24, 2.45) is 0 Å². The van der Waals surface area contributed by atoms with Gasteiger partial charge in [0.05, 0.1) is 30.6 Å². The molecule has 1 aliphatic heterocycles. The molecule has 0 spiro atoms. The number of morpholine rings is 1. The van der Waals surface area contributed by atoms with E-state index in [1.165, 1.54) is 0 Å². The van der Waals surface area contributed by atoms with E-state index in [0.29, 0.717) is 48.8 Å². The fourth-order valence-electron chi connectivity index (χ4n) is 3.70. The van der Waals surface area contributed by atoms with Crippen molar-refractivity contribution in [3.63, 3.8) is 0 Å². The molecule has 10 heteroatoms. The van der Waals surface area contributed by atoms with Gasteiger partial charge in [0, 0.05) is 29.9 Å². The molecule has 0 amide bonds. The molecule has 0 saturated carbocycles. The zero-order valence-electron chi connectivity index (χ0n) is 15.5. The molecule has 0 bridgehead atoms. The Morgan fingerprint density at radius 2 is 1.90 bits per heavy atom. The minimum atomic E-state index is -4.64. The van der Waals surface area contributed by atoms with Crippen molar-refractivity contribution in [2.45, 2.75) is 13.1 Å². The Morgan fingerprint density at radius 1 is 1.10 bits per heavy atom. The van der Waals surface area contributed by atoms with Crippen molar-refractivity contribution in [2.75, 3.05) is 31.2 Å². The van der Waals surface area contributed by atoms with Crippen LogP contribution in [0, 0.1) is 6.92 Å². The van der Waals surface area contributed by atoms with Gasteiger partial charge in [-0.25, -0.2) is 9.97 Å². The Kier molecular flexibility index (Phi) is 3.98. The summed E-state index contributed by atoms with van der Waals surface area (Å²) in [5, 5.41) is 7.45. The molecule has 0 unspecified atom stereocenters. The molecule has 5 rings (SSSR count). The maximum atomic E-state index is 13.9. The summed E-state index contributed by atoms with van der Waals surface area (Å²) < 4.78 is 48.3. The van der Waals surface area contributed by atoms with Gasteiger partial charge in [0.1, 0.15) is 5.52 Å². The molecule has 4 heterocycles. The molecular weight excluding hydrogens is 385 g/mol. The molecule has 4 aromatic rings. The number of aromatic nitrogens is 5. The smallest absolute Gasteiger partial charge is 0.378 e. The minimum Gasteiger partial charge on any atom is -0.378 e. The second-order valence-electron chi connectivity index (χ2n) is 6.96. The van der Waals surface area contributed by atoms with Crippen LogP contribution in [0.3, 0.4) is 0 Å². The van der Waals surface area contributed by atoms with E-state index in [9.17, 15) is 13.2 Å². The molecule has 1 N–H and O–H groups in total. The molecule has 29 heavy (non-hydrogen) atoms. The molecule has 7 nitrogen and oxygen atoms in total. The summed E-state index contributed by atoms with van der Waals surface area (Å²) in [6.45, 7) is 3.99. The van der Waals surface area contributed by atoms with Crippen molar-refractivity contribution in [3.8, 4) is 5.69 Å². The highest BCUT2D eigenvalue weighted by molar-refractivity contribution is 5.89. The van der Waals surface area contributed by atoms with Crippen LogP contribution in [0.15, 0.2) is 30.5 Å². The van der Waals surface area contributed by atoms with Gasteiger partial charge in [-0.1, -0.05) is 0 Å². The molecule has 1 aliphatic rings. The van der Waals surface area contributed by atoms with Crippen LogP contribution >= 0.6 is 0 Å². The molecule has 0 aliphatic carbocycles. The van der Waals surface area contributed by atoms with E-state index >= 15 is 0 Å². The minimum absolute atomic E-state index is 0.182. The van der Waals surface area contributed by atoms with E-state index in [-0.39, 0.29) is 11.2 Å². The first-order valence-electron chi connectivity index (χ1n) is 9.15. The summed E-state index contributed by atoms with van der Waals surface area (Å²) in [4.78, 5) is 10.4. The fourth-order valence-corrected chi connectivity index (χ4v) is 3.70. The van der Waals surface area contributed by atoms with Gasteiger partial charge in [0.15, 0.2) is 5.65 Å². The van der Waals surface area contributed by atoms with Crippen LogP contribution in [0.5, 0.6) is 0 Å². The van der Waals surface area contributed by atoms with Crippen molar-refractivity contribution >= 4 is 27.8 Å². The van der Waals surface area contributed by atoms with Gasteiger partial charge in [-0.2, -0.15) is 18.3 Å². The van der Waals surface area contributed by atoms with E-state index in [1.54, 1.807) is 37.4 Å². The van der Waals surface area contributed by atoms with Crippen LogP contribution in [0.25, 0.3) is 27.8 Å². The Bertz CT molecular complexity index is 1210. The number of aryl methyl sites for hydroxylation is 1. The Hall–Kier alpha value is -3.14. The van der Waals surface area contributed by atoms with Crippen LogP contribution in [0.2, 0.25) is 0 Å². The number of benzene rings is 1. The SMILES string of the molecule is Cc1cc(N2CCOCC2)c2nc(C(F)(F)F)n(-c3ccc4[nH]ncc4c3)c2n1. The average molecular weight is 402 g/mol. The molecule has 1 fully saturated rings. The molecule has 1 saturated heterocycles. The number of fused-ring (bicyclic) bond motifs is 2. The van der Waals surface area contributed by atoms with Crippen LogP contribution in [0.4, 0.5) is 18.9 Å². The van der Waals surface area contributed by atoms with Gasteiger partial charge in [-0.15, -0.1) is 0 Å². The summed E-state index contributed by atoms with van der Waals surface area (Å²) >= 11 is 0. The fraction of sp³-hybridized carbons (Fsp3) is 0.316. The Morgan fingerprint density at radius 3 is 2.66 bits per heavy atom. The van der Waals surface area contributed by atoms with Crippen LogP contribution in [-0.4, -0.2) is 51.0 Å². The van der Waals surface area contributed by atoms with E-state index in [1.807, 2.05) is 4.90 Å². The number of imidazole rings is 1.